The van der Waals surface area contributed by atoms with Crippen LogP contribution in [0.15, 0.2) is 82.4 Å². The molecule has 3 aromatic rings. The third-order valence-corrected chi connectivity index (χ3v) is 6.07. The summed E-state index contributed by atoms with van der Waals surface area (Å²) in [5, 5.41) is 8.70. The highest BCUT2D eigenvalue weighted by atomic mass is 79.9. The quantitative estimate of drug-likeness (QED) is 0.457. The molecule has 1 N–H and O–H groups in total. The van der Waals surface area contributed by atoms with Crippen molar-refractivity contribution in [1.82, 2.24) is 5.01 Å². The zero-order chi connectivity index (χ0) is 23.5. The fourth-order valence-corrected chi connectivity index (χ4v) is 4.02. The van der Waals surface area contributed by atoms with Crippen molar-refractivity contribution < 1.29 is 14.3 Å². The summed E-state index contributed by atoms with van der Waals surface area (Å²) in [7, 11) is 0. The van der Waals surface area contributed by atoms with Crippen LogP contribution in [0, 0.1) is 0 Å². The highest BCUT2D eigenvalue weighted by Gasteiger charge is 2.34. The summed E-state index contributed by atoms with van der Waals surface area (Å²) < 4.78 is 6.85. The number of nitrogens with zero attached hydrogens (tertiary/aromatic N) is 2. The number of benzene rings is 3. The Morgan fingerprint density at radius 2 is 1.67 bits per heavy atom. The van der Waals surface area contributed by atoms with E-state index in [4.69, 9.17) is 4.74 Å². The van der Waals surface area contributed by atoms with Gasteiger partial charge in [-0.2, -0.15) is 5.01 Å². The third-order valence-electron chi connectivity index (χ3n) is 5.38. The second-order valence-corrected chi connectivity index (χ2v) is 8.89. The molecule has 0 spiro atoms. The van der Waals surface area contributed by atoms with E-state index >= 15 is 0 Å². The van der Waals surface area contributed by atoms with Gasteiger partial charge in [0.15, 0.2) is 0 Å². The lowest BCUT2D eigenvalue weighted by Crippen LogP contribution is -2.25. The second-order valence-electron chi connectivity index (χ2n) is 8.04. The van der Waals surface area contributed by atoms with E-state index in [-0.39, 0.29) is 17.7 Å². The maximum atomic E-state index is 12.9. The molecule has 7 heteroatoms. The summed E-state index contributed by atoms with van der Waals surface area (Å²) in [6, 6.07) is 22.4. The van der Waals surface area contributed by atoms with E-state index in [9.17, 15) is 9.59 Å². The average molecular weight is 506 g/mol. The van der Waals surface area contributed by atoms with Gasteiger partial charge in [-0.1, -0.05) is 62.4 Å². The van der Waals surface area contributed by atoms with E-state index in [0.29, 0.717) is 27.2 Å². The Kier molecular flexibility index (Phi) is 6.60. The zero-order valence-electron chi connectivity index (χ0n) is 18.6. The van der Waals surface area contributed by atoms with Gasteiger partial charge in [0.2, 0.25) is 18.0 Å². The van der Waals surface area contributed by atoms with Crippen molar-refractivity contribution in [1.29, 1.82) is 0 Å². The lowest BCUT2D eigenvalue weighted by Gasteiger charge is -2.20. The van der Waals surface area contributed by atoms with Crippen LogP contribution >= 0.6 is 15.9 Å². The first-order valence-corrected chi connectivity index (χ1v) is 11.4. The van der Waals surface area contributed by atoms with E-state index in [1.807, 2.05) is 48.5 Å². The van der Waals surface area contributed by atoms with Crippen molar-refractivity contribution >= 4 is 39.3 Å². The lowest BCUT2D eigenvalue weighted by molar-refractivity contribution is -0.135. The van der Waals surface area contributed by atoms with Crippen LogP contribution in [-0.4, -0.2) is 22.7 Å². The zero-order valence-corrected chi connectivity index (χ0v) is 20.2. The van der Waals surface area contributed by atoms with Crippen LogP contribution in [0.2, 0.25) is 0 Å². The topological polar surface area (TPSA) is 71.0 Å². The molecule has 1 aliphatic rings. The molecular formula is C26H24BrN3O3. The van der Waals surface area contributed by atoms with Crippen LogP contribution in [0.3, 0.4) is 0 Å². The van der Waals surface area contributed by atoms with Crippen LogP contribution in [0.5, 0.6) is 0 Å². The van der Waals surface area contributed by atoms with Gasteiger partial charge in [-0.15, -0.1) is 5.10 Å². The number of halogens is 1. The minimum Gasteiger partial charge on any atom is -0.446 e. The Labute approximate surface area is 201 Å². The molecule has 0 radical (unpaired) electrons. The van der Waals surface area contributed by atoms with Crippen LogP contribution in [0.4, 0.5) is 5.69 Å². The number of amides is 2. The standard InChI is InChI=1S/C26H24BrN3O3/c1-16(2)18-12-14-19(15-13-18)26-30(17(3)31)29-25(33-26)21-9-5-7-11-23(21)28-24(32)20-8-4-6-10-22(20)27/h4-16,26H,1-3H3,(H,28,32)/t26-/m1/s1. The van der Waals surface area contributed by atoms with E-state index in [1.165, 1.54) is 17.5 Å². The Morgan fingerprint density at radius 3 is 2.33 bits per heavy atom. The summed E-state index contributed by atoms with van der Waals surface area (Å²) in [6.45, 7) is 5.71. The molecule has 168 valence electrons. The lowest BCUT2D eigenvalue weighted by atomic mass is 10.0. The monoisotopic (exact) mass is 505 g/mol. The Bertz CT molecular complexity index is 1220. The van der Waals surface area contributed by atoms with Gasteiger partial charge >= 0.3 is 0 Å². The number of nitrogens with one attached hydrogen (secondary N) is 1. The fraction of sp³-hybridized carbons (Fsp3) is 0.192. The number of rotatable bonds is 5. The minimum absolute atomic E-state index is 0.238. The molecule has 1 atom stereocenters. The smallest absolute Gasteiger partial charge is 0.256 e. The van der Waals surface area contributed by atoms with Crippen LogP contribution < -0.4 is 5.32 Å². The van der Waals surface area contributed by atoms with E-state index in [0.717, 1.165) is 5.56 Å². The first-order valence-electron chi connectivity index (χ1n) is 10.7. The number of anilines is 1. The Morgan fingerprint density at radius 1 is 1.00 bits per heavy atom. The molecule has 33 heavy (non-hydrogen) atoms. The molecule has 4 rings (SSSR count). The molecule has 0 aliphatic carbocycles. The molecule has 1 aliphatic heterocycles. The third kappa shape index (κ3) is 4.83. The van der Waals surface area contributed by atoms with E-state index < -0.39 is 6.23 Å². The van der Waals surface area contributed by atoms with Gasteiger partial charge in [0.05, 0.1) is 16.8 Å². The SMILES string of the molecule is CC(=O)N1N=C(c2ccccc2NC(=O)c2ccccc2Br)O[C@@H]1c1ccc(C(C)C)cc1. The highest BCUT2D eigenvalue weighted by molar-refractivity contribution is 9.10. The Balaban J connectivity index is 1.63. The normalized spacial score (nSPS) is 15.2. The molecule has 0 unspecified atom stereocenters. The molecule has 0 saturated heterocycles. The number of ether oxygens (including phenoxy) is 1. The predicted molar refractivity (Wildman–Crippen MR) is 132 cm³/mol. The number of hydrogen-bond acceptors (Lipinski definition) is 4. The van der Waals surface area contributed by atoms with Crippen molar-refractivity contribution in [3.05, 3.63) is 99.5 Å². The summed E-state index contributed by atoms with van der Waals surface area (Å²) in [5.74, 6) is 0.168. The summed E-state index contributed by atoms with van der Waals surface area (Å²) >= 11 is 3.41. The molecule has 0 fully saturated rings. The molecule has 2 amide bonds. The first-order chi connectivity index (χ1) is 15.8. The van der Waals surface area contributed by atoms with Crippen LogP contribution in [-0.2, 0) is 9.53 Å². The summed E-state index contributed by atoms with van der Waals surface area (Å²) in [5.41, 5.74) is 3.66. The number of carbonyl (C=O) groups is 2. The van der Waals surface area contributed by atoms with Gasteiger partial charge in [-0.05, 0) is 51.7 Å². The molecule has 3 aromatic carbocycles. The van der Waals surface area contributed by atoms with Gasteiger partial charge in [-0.3, -0.25) is 9.59 Å². The maximum Gasteiger partial charge on any atom is 0.256 e. The van der Waals surface area contributed by atoms with Gasteiger partial charge < -0.3 is 10.1 Å². The van der Waals surface area contributed by atoms with Crippen molar-refractivity contribution in [2.24, 2.45) is 5.10 Å². The van der Waals surface area contributed by atoms with E-state index in [2.05, 4.69) is 40.2 Å². The molecule has 0 saturated carbocycles. The number of hydrazone groups is 1. The number of carbonyl (C=O) groups excluding carboxylic acids is 2. The Hall–Kier alpha value is -3.45. The minimum atomic E-state index is -0.675. The summed E-state index contributed by atoms with van der Waals surface area (Å²) in [6.07, 6.45) is -0.675. The number of hydrogen-bond donors (Lipinski definition) is 1. The largest absolute Gasteiger partial charge is 0.446 e. The van der Waals surface area contributed by atoms with Crippen molar-refractivity contribution in [3.63, 3.8) is 0 Å². The van der Waals surface area contributed by atoms with Crippen LogP contribution in [0.1, 0.15) is 60.0 Å². The molecule has 6 nitrogen and oxygen atoms in total. The van der Waals surface area contributed by atoms with Crippen molar-refractivity contribution in [3.8, 4) is 0 Å². The molecular weight excluding hydrogens is 482 g/mol. The second kappa shape index (κ2) is 9.58. The summed E-state index contributed by atoms with van der Waals surface area (Å²) in [4.78, 5) is 25.2. The average Bonchev–Trinajstić information content (AvgIpc) is 3.25. The predicted octanol–water partition coefficient (Wildman–Crippen LogP) is 6.06. The highest BCUT2D eigenvalue weighted by Crippen LogP contribution is 2.33. The van der Waals surface area contributed by atoms with Gasteiger partial charge in [-0.25, -0.2) is 0 Å². The van der Waals surface area contributed by atoms with Crippen molar-refractivity contribution in [2.45, 2.75) is 32.9 Å². The maximum absolute atomic E-state index is 12.9. The van der Waals surface area contributed by atoms with E-state index in [1.54, 1.807) is 24.3 Å². The molecule has 1 heterocycles. The van der Waals surface area contributed by atoms with Gasteiger partial charge in [0, 0.05) is 17.0 Å². The van der Waals surface area contributed by atoms with Gasteiger partial charge in [0.25, 0.3) is 5.91 Å². The van der Waals surface area contributed by atoms with Crippen molar-refractivity contribution in [2.75, 3.05) is 5.32 Å². The van der Waals surface area contributed by atoms with Gasteiger partial charge in [0.1, 0.15) is 0 Å². The first kappa shape index (κ1) is 22.7. The molecule has 0 bridgehead atoms. The number of para-hydroxylation sites is 1. The fourth-order valence-electron chi connectivity index (χ4n) is 3.55. The molecule has 0 aromatic heterocycles. The van der Waals surface area contributed by atoms with Crippen LogP contribution in [0.25, 0.3) is 0 Å².